The number of hydrogen-bond donors (Lipinski definition) is 2. The Morgan fingerprint density at radius 1 is 1.42 bits per heavy atom. The van der Waals surface area contributed by atoms with Crippen LogP contribution in [-0.4, -0.2) is 13.4 Å². The van der Waals surface area contributed by atoms with Crippen molar-refractivity contribution in [2.45, 2.75) is 18.0 Å². The molecule has 0 aliphatic heterocycles. The third-order valence-corrected chi connectivity index (χ3v) is 4.63. The Morgan fingerprint density at radius 3 is 2.79 bits per heavy atom. The van der Waals surface area contributed by atoms with Gasteiger partial charge in [0.2, 0.25) is 10.0 Å². The summed E-state index contributed by atoms with van der Waals surface area (Å²) < 4.78 is 39.9. The zero-order valence-corrected chi connectivity index (χ0v) is 11.5. The average molecular weight is 301 g/mol. The van der Waals surface area contributed by atoms with Gasteiger partial charge in [-0.3, -0.25) is 0 Å². The number of sulfonamides is 1. The number of nitrogens with two attached hydrogens (primary N) is 1. The summed E-state index contributed by atoms with van der Waals surface area (Å²) in [4.78, 5) is 3.56. The molecule has 0 spiro atoms. The number of thiazole rings is 1. The first-order valence-electron chi connectivity index (χ1n) is 5.39. The molecule has 102 valence electrons. The van der Waals surface area contributed by atoms with E-state index in [1.807, 2.05) is 0 Å². The second-order valence-corrected chi connectivity index (χ2v) is 6.43. The SMILES string of the molecule is NCc1ccc(S(=O)(=O)NCc2nccs2)c(F)c1. The van der Waals surface area contributed by atoms with Crippen molar-refractivity contribution in [1.82, 2.24) is 9.71 Å². The van der Waals surface area contributed by atoms with Gasteiger partial charge in [0.1, 0.15) is 15.7 Å². The highest BCUT2D eigenvalue weighted by Crippen LogP contribution is 2.16. The Morgan fingerprint density at radius 2 is 2.21 bits per heavy atom. The molecule has 19 heavy (non-hydrogen) atoms. The topological polar surface area (TPSA) is 85.1 Å². The Bertz CT molecular complexity index is 657. The van der Waals surface area contributed by atoms with Gasteiger partial charge in [-0.25, -0.2) is 22.5 Å². The monoisotopic (exact) mass is 301 g/mol. The fraction of sp³-hybridized carbons (Fsp3) is 0.182. The standard InChI is InChI=1S/C11H12FN3O2S2/c12-9-5-8(6-13)1-2-10(9)19(16,17)15-7-11-14-3-4-18-11/h1-5,15H,6-7,13H2. The molecule has 0 amide bonds. The summed E-state index contributed by atoms with van der Waals surface area (Å²) in [5.41, 5.74) is 5.90. The zero-order valence-electron chi connectivity index (χ0n) is 9.84. The van der Waals surface area contributed by atoms with E-state index in [1.54, 1.807) is 11.6 Å². The number of rotatable bonds is 5. The third kappa shape index (κ3) is 3.35. The van der Waals surface area contributed by atoms with E-state index in [4.69, 9.17) is 5.73 Å². The van der Waals surface area contributed by atoms with Gasteiger partial charge < -0.3 is 5.73 Å². The van der Waals surface area contributed by atoms with E-state index < -0.39 is 15.8 Å². The van der Waals surface area contributed by atoms with Crippen LogP contribution in [0.4, 0.5) is 4.39 Å². The van der Waals surface area contributed by atoms with Crippen molar-refractivity contribution in [1.29, 1.82) is 0 Å². The van der Waals surface area contributed by atoms with Crippen molar-refractivity contribution < 1.29 is 12.8 Å². The van der Waals surface area contributed by atoms with Crippen molar-refractivity contribution >= 4 is 21.4 Å². The minimum Gasteiger partial charge on any atom is -0.326 e. The van der Waals surface area contributed by atoms with E-state index in [0.29, 0.717) is 10.6 Å². The maximum Gasteiger partial charge on any atom is 0.243 e. The maximum absolute atomic E-state index is 13.7. The van der Waals surface area contributed by atoms with E-state index in [9.17, 15) is 12.8 Å². The third-order valence-electron chi connectivity index (χ3n) is 2.42. The van der Waals surface area contributed by atoms with Crippen LogP contribution in [0.2, 0.25) is 0 Å². The normalized spacial score (nSPS) is 11.7. The first kappa shape index (κ1) is 14.1. The Balaban J connectivity index is 2.19. The predicted molar refractivity (Wildman–Crippen MR) is 70.4 cm³/mol. The van der Waals surface area contributed by atoms with Crippen LogP contribution in [0.1, 0.15) is 10.6 Å². The second-order valence-electron chi connectivity index (χ2n) is 3.72. The van der Waals surface area contributed by atoms with E-state index >= 15 is 0 Å². The lowest BCUT2D eigenvalue weighted by molar-refractivity contribution is 0.555. The van der Waals surface area contributed by atoms with Crippen molar-refractivity contribution in [2.24, 2.45) is 5.73 Å². The zero-order chi connectivity index (χ0) is 13.9. The van der Waals surface area contributed by atoms with Crippen molar-refractivity contribution in [3.05, 3.63) is 46.2 Å². The van der Waals surface area contributed by atoms with Gasteiger partial charge >= 0.3 is 0 Å². The van der Waals surface area contributed by atoms with E-state index in [1.165, 1.54) is 23.5 Å². The number of nitrogens with one attached hydrogen (secondary N) is 1. The first-order chi connectivity index (χ1) is 9.03. The molecule has 8 heteroatoms. The molecule has 2 aromatic rings. The lowest BCUT2D eigenvalue weighted by atomic mass is 10.2. The fourth-order valence-electron chi connectivity index (χ4n) is 1.46. The molecule has 1 aromatic heterocycles. The van der Waals surface area contributed by atoms with E-state index in [-0.39, 0.29) is 18.0 Å². The van der Waals surface area contributed by atoms with Crippen LogP contribution in [0.3, 0.4) is 0 Å². The minimum absolute atomic E-state index is 0.0398. The number of hydrogen-bond acceptors (Lipinski definition) is 5. The molecule has 0 fully saturated rings. The summed E-state index contributed by atoms with van der Waals surface area (Å²) in [6, 6.07) is 3.82. The molecule has 5 nitrogen and oxygen atoms in total. The van der Waals surface area contributed by atoms with Gasteiger partial charge in [-0.1, -0.05) is 6.07 Å². The van der Waals surface area contributed by atoms with Gasteiger partial charge in [0.15, 0.2) is 0 Å². The largest absolute Gasteiger partial charge is 0.326 e. The molecule has 1 aromatic carbocycles. The molecule has 0 bridgehead atoms. The molecule has 0 radical (unpaired) electrons. The molecule has 3 N–H and O–H groups in total. The summed E-state index contributed by atoms with van der Waals surface area (Å²) >= 11 is 1.32. The van der Waals surface area contributed by atoms with Crippen LogP contribution in [-0.2, 0) is 23.1 Å². The molecule has 0 atom stereocenters. The van der Waals surface area contributed by atoms with Crippen LogP contribution in [0.15, 0.2) is 34.7 Å². The van der Waals surface area contributed by atoms with Gasteiger partial charge in [-0.15, -0.1) is 11.3 Å². The van der Waals surface area contributed by atoms with Crippen molar-refractivity contribution in [3.8, 4) is 0 Å². The molecule has 0 aliphatic carbocycles. The lowest BCUT2D eigenvalue weighted by Crippen LogP contribution is -2.24. The Labute approximate surface area is 114 Å². The predicted octanol–water partition coefficient (Wildman–Crippen LogP) is 1.22. The summed E-state index contributed by atoms with van der Waals surface area (Å²) in [6.07, 6.45) is 1.57. The number of aromatic nitrogens is 1. The number of benzene rings is 1. The summed E-state index contributed by atoms with van der Waals surface area (Å²) in [5.74, 6) is -0.811. The minimum atomic E-state index is -3.89. The molecule has 0 unspecified atom stereocenters. The van der Waals surface area contributed by atoms with Gasteiger partial charge in [-0.05, 0) is 17.7 Å². The average Bonchev–Trinajstić information content (AvgIpc) is 2.89. The van der Waals surface area contributed by atoms with Crippen LogP contribution in [0, 0.1) is 5.82 Å². The summed E-state index contributed by atoms with van der Waals surface area (Å²) in [7, 11) is -3.89. The molecular formula is C11H12FN3O2S2. The van der Waals surface area contributed by atoms with Crippen LogP contribution in [0.25, 0.3) is 0 Å². The van der Waals surface area contributed by atoms with Crippen LogP contribution >= 0.6 is 11.3 Å². The lowest BCUT2D eigenvalue weighted by Gasteiger charge is -2.07. The molecule has 0 aliphatic rings. The highest BCUT2D eigenvalue weighted by atomic mass is 32.2. The van der Waals surface area contributed by atoms with Gasteiger partial charge in [0, 0.05) is 18.1 Å². The quantitative estimate of drug-likeness (QED) is 0.869. The van der Waals surface area contributed by atoms with Crippen LogP contribution < -0.4 is 10.5 Å². The van der Waals surface area contributed by atoms with Gasteiger partial charge in [-0.2, -0.15) is 0 Å². The van der Waals surface area contributed by atoms with Crippen molar-refractivity contribution in [3.63, 3.8) is 0 Å². The fourth-order valence-corrected chi connectivity index (χ4v) is 3.16. The number of halogens is 1. The second kappa shape index (κ2) is 5.74. The summed E-state index contributed by atoms with van der Waals surface area (Å²) in [6.45, 7) is 0.196. The number of nitrogens with zero attached hydrogens (tertiary/aromatic N) is 1. The van der Waals surface area contributed by atoms with Crippen molar-refractivity contribution in [2.75, 3.05) is 0 Å². The Hall–Kier alpha value is -1.35. The van der Waals surface area contributed by atoms with E-state index in [2.05, 4.69) is 9.71 Å². The summed E-state index contributed by atoms with van der Waals surface area (Å²) in [5, 5.41) is 2.35. The molecule has 1 heterocycles. The molecule has 0 saturated heterocycles. The molecular weight excluding hydrogens is 289 g/mol. The van der Waals surface area contributed by atoms with Gasteiger partial charge in [0.05, 0.1) is 6.54 Å². The van der Waals surface area contributed by atoms with Crippen LogP contribution in [0.5, 0.6) is 0 Å². The maximum atomic E-state index is 13.7. The van der Waals surface area contributed by atoms with Gasteiger partial charge in [0.25, 0.3) is 0 Å². The Kier molecular flexibility index (Phi) is 4.25. The smallest absolute Gasteiger partial charge is 0.243 e. The molecule has 0 saturated carbocycles. The highest BCUT2D eigenvalue weighted by molar-refractivity contribution is 7.89. The highest BCUT2D eigenvalue weighted by Gasteiger charge is 2.19. The molecule has 2 rings (SSSR count). The first-order valence-corrected chi connectivity index (χ1v) is 7.76. The van der Waals surface area contributed by atoms with E-state index in [0.717, 1.165) is 6.07 Å².